The third-order valence-electron chi connectivity index (χ3n) is 4.41. The first kappa shape index (κ1) is 15.7. The Balaban J connectivity index is 1.99. The van der Waals surface area contributed by atoms with Gasteiger partial charge in [-0.15, -0.1) is 0 Å². The monoisotopic (exact) mass is 361 g/mol. The minimum Gasteiger partial charge on any atom is -0.356 e. The molecule has 0 bridgehead atoms. The van der Waals surface area contributed by atoms with Crippen LogP contribution >= 0.6 is 23.2 Å². The molecule has 1 aromatic carbocycles. The Bertz CT molecular complexity index is 869. The molecular weight excluding hydrogens is 345 g/mol. The molecule has 0 atom stereocenters. The molecule has 4 rings (SSSR count). The van der Waals surface area contributed by atoms with E-state index >= 15 is 0 Å². The van der Waals surface area contributed by atoms with Crippen molar-refractivity contribution in [2.75, 3.05) is 18.0 Å². The van der Waals surface area contributed by atoms with Gasteiger partial charge in [0, 0.05) is 23.7 Å². The summed E-state index contributed by atoms with van der Waals surface area (Å²) in [7, 11) is 0. The summed E-state index contributed by atoms with van der Waals surface area (Å²) in [6.45, 7) is 1.93. The third kappa shape index (κ3) is 2.72. The SMILES string of the molecule is Clc1ccccc1-c1c(Cl)nc2ncnn2c1N1CCCCCC1. The van der Waals surface area contributed by atoms with Gasteiger partial charge in [0.1, 0.15) is 17.3 Å². The molecule has 124 valence electrons. The molecule has 3 aromatic rings. The van der Waals surface area contributed by atoms with Crippen molar-refractivity contribution in [1.82, 2.24) is 19.6 Å². The van der Waals surface area contributed by atoms with Gasteiger partial charge in [0.15, 0.2) is 0 Å². The van der Waals surface area contributed by atoms with Crippen molar-refractivity contribution < 1.29 is 0 Å². The van der Waals surface area contributed by atoms with E-state index in [4.69, 9.17) is 23.2 Å². The Morgan fingerprint density at radius 2 is 1.71 bits per heavy atom. The Morgan fingerprint density at radius 3 is 2.46 bits per heavy atom. The fraction of sp³-hybridized carbons (Fsp3) is 0.353. The molecule has 1 aliphatic rings. The molecule has 0 unspecified atom stereocenters. The molecule has 1 aliphatic heterocycles. The van der Waals surface area contributed by atoms with Crippen molar-refractivity contribution in [2.45, 2.75) is 25.7 Å². The summed E-state index contributed by atoms with van der Waals surface area (Å²) in [4.78, 5) is 10.9. The highest BCUT2D eigenvalue weighted by atomic mass is 35.5. The fourth-order valence-corrected chi connectivity index (χ4v) is 3.77. The second kappa shape index (κ2) is 6.57. The molecule has 3 heterocycles. The lowest BCUT2D eigenvalue weighted by atomic mass is 10.1. The number of benzene rings is 1. The topological polar surface area (TPSA) is 46.3 Å². The highest BCUT2D eigenvalue weighted by Crippen LogP contribution is 2.40. The van der Waals surface area contributed by atoms with Crippen LogP contribution in [-0.4, -0.2) is 32.7 Å². The maximum atomic E-state index is 6.55. The average Bonchev–Trinajstić information content (AvgIpc) is 2.87. The van der Waals surface area contributed by atoms with E-state index in [1.165, 1.54) is 19.2 Å². The summed E-state index contributed by atoms with van der Waals surface area (Å²) in [6, 6.07) is 7.70. The summed E-state index contributed by atoms with van der Waals surface area (Å²) in [5, 5.41) is 5.44. The molecule has 0 aliphatic carbocycles. The molecule has 2 aromatic heterocycles. The van der Waals surface area contributed by atoms with Gasteiger partial charge in [0.25, 0.3) is 5.78 Å². The molecular formula is C17H17Cl2N5. The maximum Gasteiger partial charge on any atom is 0.255 e. The van der Waals surface area contributed by atoms with Crippen LogP contribution in [0.25, 0.3) is 16.9 Å². The lowest BCUT2D eigenvalue weighted by molar-refractivity contribution is 0.726. The highest BCUT2D eigenvalue weighted by Gasteiger charge is 2.24. The largest absolute Gasteiger partial charge is 0.356 e. The lowest BCUT2D eigenvalue weighted by Gasteiger charge is -2.26. The van der Waals surface area contributed by atoms with E-state index in [0.29, 0.717) is 16.0 Å². The smallest absolute Gasteiger partial charge is 0.255 e. The summed E-state index contributed by atoms with van der Waals surface area (Å²) < 4.78 is 1.77. The predicted molar refractivity (Wildman–Crippen MR) is 96.9 cm³/mol. The van der Waals surface area contributed by atoms with Crippen LogP contribution < -0.4 is 4.90 Å². The molecule has 0 radical (unpaired) electrons. The van der Waals surface area contributed by atoms with Gasteiger partial charge in [-0.3, -0.25) is 0 Å². The number of anilines is 1. The number of hydrogen-bond donors (Lipinski definition) is 0. The van der Waals surface area contributed by atoms with Crippen LogP contribution in [0.5, 0.6) is 0 Å². The third-order valence-corrected chi connectivity index (χ3v) is 5.01. The van der Waals surface area contributed by atoms with Crippen LogP contribution in [0.2, 0.25) is 10.2 Å². The van der Waals surface area contributed by atoms with Gasteiger partial charge in [-0.1, -0.05) is 54.2 Å². The van der Waals surface area contributed by atoms with Crippen molar-refractivity contribution in [3.8, 4) is 11.1 Å². The van der Waals surface area contributed by atoms with E-state index in [9.17, 15) is 0 Å². The van der Waals surface area contributed by atoms with Crippen LogP contribution in [0.4, 0.5) is 5.82 Å². The van der Waals surface area contributed by atoms with Crippen molar-refractivity contribution in [3.63, 3.8) is 0 Å². The van der Waals surface area contributed by atoms with E-state index in [2.05, 4.69) is 20.0 Å². The van der Waals surface area contributed by atoms with Crippen LogP contribution in [-0.2, 0) is 0 Å². The Morgan fingerprint density at radius 1 is 0.958 bits per heavy atom. The maximum absolute atomic E-state index is 6.55. The summed E-state index contributed by atoms with van der Waals surface area (Å²) in [6.07, 6.45) is 6.31. The zero-order chi connectivity index (χ0) is 16.5. The second-order valence-electron chi connectivity index (χ2n) is 5.95. The van der Waals surface area contributed by atoms with Gasteiger partial charge in [-0.05, 0) is 18.9 Å². The summed E-state index contributed by atoms with van der Waals surface area (Å²) in [5.41, 5.74) is 1.69. The van der Waals surface area contributed by atoms with E-state index in [-0.39, 0.29) is 0 Å². The van der Waals surface area contributed by atoms with Crippen molar-refractivity contribution >= 4 is 34.8 Å². The molecule has 0 saturated carbocycles. The normalized spacial score (nSPS) is 15.7. The van der Waals surface area contributed by atoms with Crippen LogP contribution in [0.1, 0.15) is 25.7 Å². The minimum absolute atomic E-state index is 0.405. The van der Waals surface area contributed by atoms with Crippen LogP contribution in [0.15, 0.2) is 30.6 Å². The first-order chi connectivity index (χ1) is 11.8. The van der Waals surface area contributed by atoms with Crippen LogP contribution in [0, 0.1) is 0 Å². The van der Waals surface area contributed by atoms with E-state index in [0.717, 1.165) is 42.9 Å². The zero-order valence-corrected chi connectivity index (χ0v) is 14.6. The van der Waals surface area contributed by atoms with Crippen LogP contribution in [0.3, 0.4) is 0 Å². The lowest BCUT2D eigenvalue weighted by Crippen LogP contribution is -2.27. The number of hydrogen-bond acceptors (Lipinski definition) is 4. The van der Waals surface area contributed by atoms with Gasteiger partial charge in [0.05, 0.1) is 5.56 Å². The van der Waals surface area contributed by atoms with Gasteiger partial charge < -0.3 is 4.90 Å². The Kier molecular flexibility index (Phi) is 4.29. The van der Waals surface area contributed by atoms with Crippen molar-refractivity contribution in [3.05, 3.63) is 40.8 Å². The number of nitrogens with zero attached hydrogens (tertiary/aromatic N) is 5. The standard InChI is InChI=1S/C17H17Cl2N5/c18-13-8-4-3-7-12(13)14-15(19)22-17-20-11-21-24(17)16(14)23-9-5-1-2-6-10-23/h3-4,7-8,11H,1-2,5-6,9-10H2. The first-order valence-electron chi connectivity index (χ1n) is 8.15. The van der Waals surface area contributed by atoms with E-state index in [1.807, 2.05) is 24.3 Å². The number of aromatic nitrogens is 4. The van der Waals surface area contributed by atoms with Gasteiger partial charge >= 0.3 is 0 Å². The Labute approximate surface area is 150 Å². The molecule has 0 N–H and O–H groups in total. The molecule has 1 saturated heterocycles. The van der Waals surface area contributed by atoms with Crippen molar-refractivity contribution in [1.29, 1.82) is 0 Å². The average molecular weight is 362 g/mol. The van der Waals surface area contributed by atoms with Gasteiger partial charge in [-0.25, -0.2) is 0 Å². The number of halogens is 2. The molecule has 0 spiro atoms. The number of rotatable bonds is 2. The van der Waals surface area contributed by atoms with Gasteiger partial charge in [0.2, 0.25) is 0 Å². The Hall–Kier alpha value is -1.85. The highest BCUT2D eigenvalue weighted by molar-refractivity contribution is 6.36. The molecule has 24 heavy (non-hydrogen) atoms. The van der Waals surface area contributed by atoms with Gasteiger partial charge in [-0.2, -0.15) is 19.6 Å². The quantitative estimate of drug-likeness (QED) is 0.631. The van der Waals surface area contributed by atoms with Crippen molar-refractivity contribution in [2.24, 2.45) is 0 Å². The van der Waals surface area contributed by atoms with E-state index in [1.54, 1.807) is 4.52 Å². The fourth-order valence-electron chi connectivity index (χ4n) is 3.27. The van der Waals surface area contributed by atoms with E-state index < -0.39 is 0 Å². The molecule has 7 heteroatoms. The molecule has 1 fully saturated rings. The summed E-state index contributed by atoms with van der Waals surface area (Å²) in [5.74, 6) is 1.44. The zero-order valence-electron chi connectivity index (χ0n) is 13.1. The minimum atomic E-state index is 0.405. The predicted octanol–water partition coefficient (Wildman–Crippen LogP) is 4.48. The molecule has 5 nitrogen and oxygen atoms in total. The second-order valence-corrected chi connectivity index (χ2v) is 6.72. The number of fused-ring (bicyclic) bond motifs is 1. The molecule has 0 amide bonds. The first-order valence-corrected chi connectivity index (χ1v) is 8.90. The summed E-state index contributed by atoms with van der Waals surface area (Å²) >= 11 is 13.0.